The van der Waals surface area contributed by atoms with Gasteiger partial charge >= 0.3 is 0 Å². The van der Waals surface area contributed by atoms with E-state index in [9.17, 15) is 10.1 Å². The van der Waals surface area contributed by atoms with Crippen molar-refractivity contribution in [3.63, 3.8) is 0 Å². The molecule has 2 aromatic carbocycles. The summed E-state index contributed by atoms with van der Waals surface area (Å²) >= 11 is 0. The largest absolute Gasteiger partial charge is 0.399 e. The van der Waals surface area contributed by atoms with E-state index >= 15 is 0 Å². The summed E-state index contributed by atoms with van der Waals surface area (Å²) in [4.78, 5) is 10.1. The van der Waals surface area contributed by atoms with Crippen molar-refractivity contribution in [3.05, 3.63) is 94.6 Å². The fraction of sp³-hybridized carbons (Fsp3) is 0.333. The number of anilines is 1. The Morgan fingerprint density at radius 1 is 0.735 bits per heavy atom. The number of hydrogen-bond donors (Lipinski definition) is 1. The van der Waals surface area contributed by atoms with Crippen molar-refractivity contribution in [1.82, 2.24) is 30.0 Å². The van der Waals surface area contributed by atoms with E-state index in [-0.39, 0.29) is 10.6 Å². The summed E-state index contributed by atoms with van der Waals surface area (Å²) in [6.07, 6.45) is 13.4. The SMILES string of the molecule is Nc1ccc(CCCCn2ccnn2)cc1.O=[N+]([O-])c1ccc(CCCCn2ccnn2)cc1. The van der Waals surface area contributed by atoms with Crippen molar-refractivity contribution in [3.8, 4) is 0 Å². The number of non-ortho nitro benzene ring substituents is 1. The van der Waals surface area contributed by atoms with Crippen molar-refractivity contribution < 1.29 is 4.92 Å². The first kappa shape index (κ1) is 24.6. The second-order valence-electron chi connectivity index (χ2n) is 7.91. The highest BCUT2D eigenvalue weighted by Crippen LogP contribution is 2.14. The van der Waals surface area contributed by atoms with E-state index in [1.54, 1.807) is 29.2 Å². The van der Waals surface area contributed by atoms with Gasteiger partial charge in [-0.3, -0.25) is 19.5 Å². The van der Waals surface area contributed by atoms with Gasteiger partial charge in [-0.15, -0.1) is 10.2 Å². The number of nitrogen functional groups attached to an aromatic ring is 1. The standard InChI is InChI=1S/C12H14N4O2.C12H16N4/c17-16(18)12-6-4-11(5-7-12)3-1-2-9-15-10-8-13-14-15;13-12-6-4-11(5-7-12)3-1-2-9-16-10-8-14-15-16/h4-8,10H,1-3,9H2;4-8,10H,1-3,9,13H2. The molecule has 0 fully saturated rings. The molecule has 0 amide bonds. The number of nitro groups is 1. The van der Waals surface area contributed by atoms with Crippen LogP contribution in [0.2, 0.25) is 0 Å². The molecule has 2 N–H and O–H groups in total. The Morgan fingerprint density at radius 3 is 1.62 bits per heavy atom. The summed E-state index contributed by atoms with van der Waals surface area (Å²) in [7, 11) is 0. The highest BCUT2D eigenvalue weighted by molar-refractivity contribution is 5.39. The van der Waals surface area contributed by atoms with Gasteiger partial charge in [0.25, 0.3) is 5.69 Å². The molecular weight excluding hydrogens is 432 g/mol. The minimum absolute atomic E-state index is 0.140. The Labute approximate surface area is 198 Å². The number of rotatable bonds is 11. The van der Waals surface area contributed by atoms with E-state index in [0.29, 0.717) is 0 Å². The van der Waals surface area contributed by atoms with Gasteiger partial charge in [-0.05, 0) is 61.8 Å². The zero-order valence-electron chi connectivity index (χ0n) is 19.1. The van der Waals surface area contributed by atoms with E-state index in [1.807, 2.05) is 41.3 Å². The molecule has 0 aliphatic rings. The van der Waals surface area contributed by atoms with Gasteiger partial charge in [0, 0.05) is 43.3 Å². The molecule has 0 saturated heterocycles. The molecule has 178 valence electrons. The van der Waals surface area contributed by atoms with Gasteiger partial charge < -0.3 is 5.73 Å². The lowest BCUT2D eigenvalue weighted by molar-refractivity contribution is -0.384. The van der Waals surface area contributed by atoms with Crippen LogP contribution in [0.15, 0.2) is 73.3 Å². The second kappa shape index (κ2) is 13.5. The van der Waals surface area contributed by atoms with Crippen LogP contribution in [0.4, 0.5) is 11.4 Å². The lowest BCUT2D eigenvalue weighted by Crippen LogP contribution is -1.99. The minimum atomic E-state index is -0.380. The smallest absolute Gasteiger partial charge is 0.269 e. The van der Waals surface area contributed by atoms with Gasteiger partial charge in [-0.2, -0.15) is 0 Å². The van der Waals surface area contributed by atoms with Gasteiger partial charge in [0.2, 0.25) is 0 Å². The number of nitro benzene ring substituents is 1. The summed E-state index contributed by atoms with van der Waals surface area (Å²) < 4.78 is 3.67. The molecule has 0 spiro atoms. The topological polar surface area (TPSA) is 131 Å². The Kier molecular flexibility index (Phi) is 9.73. The lowest BCUT2D eigenvalue weighted by atomic mass is 10.1. The van der Waals surface area contributed by atoms with E-state index in [4.69, 9.17) is 5.73 Å². The molecule has 0 bridgehead atoms. The summed E-state index contributed by atoms with van der Waals surface area (Å²) in [6.45, 7) is 1.79. The van der Waals surface area contributed by atoms with Gasteiger partial charge in [0.1, 0.15) is 0 Å². The zero-order valence-corrected chi connectivity index (χ0v) is 19.1. The molecule has 10 heteroatoms. The van der Waals surface area contributed by atoms with Crippen molar-refractivity contribution in [2.75, 3.05) is 5.73 Å². The van der Waals surface area contributed by atoms with Crippen LogP contribution in [0.3, 0.4) is 0 Å². The monoisotopic (exact) mass is 462 g/mol. The normalized spacial score (nSPS) is 10.5. The second-order valence-corrected chi connectivity index (χ2v) is 7.91. The molecule has 34 heavy (non-hydrogen) atoms. The number of unbranched alkanes of at least 4 members (excludes halogenated alkanes) is 2. The first-order valence-electron chi connectivity index (χ1n) is 11.4. The molecular formula is C24H30N8O2. The molecule has 0 saturated carbocycles. The van der Waals surface area contributed by atoms with Gasteiger partial charge in [-0.1, -0.05) is 34.7 Å². The van der Waals surface area contributed by atoms with Gasteiger partial charge in [-0.25, -0.2) is 0 Å². The van der Waals surface area contributed by atoms with Crippen LogP contribution in [-0.2, 0) is 25.9 Å². The zero-order chi connectivity index (χ0) is 24.0. The maximum absolute atomic E-state index is 10.5. The number of aromatic nitrogens is 6. The van der Waals surface area contributed by atoms with Crippen LogP contribution in [-0.4, -0.2) is 34.9 Å². The van der Waals surface area contributed by atoms with Crippen molar-refractivity contribution in [2.24, 2.45) is 0 Å². The predicted molar refractivity (Wildman–Crippen MR) is 130 cm³/mol. The van der Waals surface area contributed by atoms with E-state index in [1.165, 1.54) is 5.56 Å². The Balaban J connectivity index is 0.000000192. The molecule has 2 aromatic heterocycles. The highest BCUT2D eigenvalue weighted by atomic mass is 16.6. The van der Waals surface area contributed by atoms with Crippen molar-refractivity contribution in [1.29, 1.82) is 0 Å². The van der Waals surface area contributed by atoms with Crippen LogP contribution in [0.5, 0.6) is 0 Å². The van der Waals surface area contributed by atoms with Crippen LogP contribution in [0.25, 0.3) is 0 Å². The maximum Gasteiger partial charge on any atom is 0.269 e. The minimum Gasteiger partial charge on any atom is -0.399 e. The average Bonchev–Trinajstić information content (AvgIpc) is 3.56. The molecule has 10 nitrogen and oxygen atoms in total. The summed E-state index contributed by atoms with van der Waals surface area (Å²) in [5, 5.41) is 25.8. The van der Waals surface area contributed by atoms with E-state index < -0.39 is 0 Å². The lowest BCUT2D eigenvalue weighted by Gasteiger charge is -2.02. The Bertz CT molecular complexity index is 1080. The summed E-state index contributed by atoms with van der Waals surface area (Å²) in [5.74, 6) is 0. The molecule has 4 rings (SSSR count). The third kappa shape index (κ3) is 8.81. The molecule has 0 atom stereocenters. The fourth-order valence-corrected chi connectivity index (χ4v) is 3.38. The van der Waals surface area contributed by atoms with Crippen LogP contribution in [0, 0.1) is 10.1 Å². The summed E-state index contributed by atoms with van der Waals surface area (Å²) in [5.41, 5.74) is 9.06. The van der Waals surface area contributed by atoms with Crippen LogP contribution < -0.4 is 5.73 Å². The fourth-order valence-electron chi connectivity index (χ4n) is 3.38. The van der Waals surface area contributed by atoms with E-state index in [2.05, 4.69) is 32.8 Å². The first-order chi connectivity index (χ1) is 16.6. The number of hydrogen-bond acceptors (Lipinski definition) is 7. The first-order valence-corrected chi connectivity index (χ1v) is 11.4. The van der Waals surface area contributed by atoms with Crippen LogP contribution in [0.1, 0.15) is 36.8 Å². The van der Waals surface area contributed by atoms with Crippen molar-refractivity contribution >= 4 is 11.4 Å². The molecule has 0 aliphatic heterocycles. The number of nitrogens with zero attached hydrogens (tertiary/aromatic N) is 7. The quantitative estimate of drug-likeness (QED) is 0.154. The van der Waals surface area contributed by atoms with E-state index in [0.717, 1.165) is 62.9 Å². The number of benzene rings is 2. The molecule has 0 radical (unpaired) electrons. The molecule has 4 aromatic rings. The number of aryl methyl sites for hydroxylation is 4. The Hall–Kier alpha value is -4.08. The van der Waals surface area contributed by atoms with Gasteiger partial charge in [0.15, 0.2) is 0 Å². The molecule has 0 aliphatic carbocycles. The maximum atomic E-state index is 10.5. The predicted octanol–water partition coefficient (Wildman–Crippen LogP) is 4.09. The third-order valence-electron chi connectivity index (χ3n) is 5.28. The van der Waals surface area contributed by atoms with Crippen molar-refractivity contribution in [2.45, 2.75) is 51.6 Å². The third-order valence-corrected chi connectivity index (χ3v) is 5.28. The summed E-state index contributed by atoms with van der Waals surface area (Å²) in [6, 6.07) is 14.8. The van der Waals surface area contributed by atoms with Gasteiger partial charge in [0.05, 0.1) is 17.3 Å². The molecule has 0 unspecified atom stereocenters. The number of nitrogens with two attached hydrogens (primary N) is 1. The Morgan fingerprint density at radius 2 is 1.21 bits per heavy atom. The van der Waals surface area contributed by atoms with Crippen LogP contribution >= 0.6 is 0 Å². The molecule has 2 heterocycles. The highest BCUT2D eigenvalue weighted by Gasteiger charge is 2.03. The average molecular weight is 463 g/mol.